The summed E-state index contributed by atoms with van der Waals surface area (Å²) in [5, 5.41) is 13.4. The van der Waals surface area contributed by atoms with E-state index in [1.165, 1.54) is 0 Å². The Bertz CT molecular complexity index is 680. The number of unbranched alkanes of at least 4 members (excludes halogenated alkanes) is 2. The van der Waals surface area contributed by atoms with Gasteiger partial charge in [-0.15, -0.1) is 0 Å². The third-order valence-electron chi connectivity index (χ3n) is 5.23. The van der Waals surface area contributed by atoms with Gasteiger partial charge in [-0.25, -0.2) is 0 Å². The molecule has 1 aliphatic rings. The van der Waals surface area contributed by atoms with Crippen LogP contribution in [0.15, 0.2) is 12.1 Å². The molecule has 0 bridgehead atoms. The second-order valence-electron chi connectivity index (χ2n) is 8.34. The van der Waals surface area contributed by atoms with Crippen molar-refractivity contribution in [1.29, 1.82) is 0 Å². The molecule has 7 heteroatoms. The number of carbonyl (C=O) groups is 1. The maximum absolute atomic E-state index is 12.7. The summed E-state index contributed by atoms with van der Waals surface area (Å²) in [6, 6.07) is 4.01. The highest BCUT2D eigenvalue weighted by Crippen LogP contribution is 2.42. The van der Waals surface area contributed by atoms with E-state index >= 15 is 0 Å². The zero-order valence-corrected chi connectivity index (χ0v) is 19.6. The van der Waals surface area contributed by atoms with Gasteiger partial charge in [0.2, 0.25) is 5.91 Å². The lowest BCUT2D eigenvalue weighted by Gasteiger charge is -2.32. The SMILES string of the molecule is CCCCOCOc1ccc(OCC(O)CNC(C)C)c2c1N(CCCC)C(=O)CC2. The van der Waals surface area contributed by atoms with Crippen LogP contribution in [-0.2, 0) is 16.0 Å². The molecule has 0 spiro atoms. The van der Waals surface area contributed by atoms with E-state index in [-0.39, 0.29) is 19.3 Å². The van der Waals surface area contributed by atoms with E-state index in [1.54, 1.807) is 0 Å². The minimum atomic E-state index is -0.609. The van der Waals surface area contributed by atoms with Gasteiger partial charge in [-0.2, -0.15) is 0 Å². The van der Waals surface area contributed by atoms with Gasteiger partial charge in [0.15, 0.2) is 6.79 Å². The second kappa shape index (κ2) is 13.6. The molecule has 1 aromatic rings. The van der Waals surface area contributed by atoms with E-state index in [0.29, 0.717) is 50.1 Å². The molecule has 31 heavy (non-hydrogen) atoms. The topological polar surface area (TPSA) is 80.3 Å². The number of anilines is 1. The van der Waals surface area contributed by atoms with Gasteiger partial charge in [-0.3, -0.25) is 4.79 Å². The molecule has 7 nitrogen and oxygen atoms in total. The van der Waals surface area contributed by atoms with Gasteiger partial charge in [0.1, 0.15) is 24.2 Å². The summed E-state index contributed by atoms with van der Waals surface area (Å²) < 4.78 is 17.5. The van der Waals surface area contributed by atoms with Crippen molar-refractivity contribution in [2.75, 3.05) is 38.0 Å². The first-order valence-electron chi connectivity index (χ1n) is 11.7. The van der Waals surface area contributed by atoms with E-state index in [1.807, 2.05) is 30.9 Å². The van der Waals surface area contributed by atoms with Crippen LogP contribution in [0.5, 0.6) is 11.5 Å². The summed E-state index contributed by atoms with van der Waals surface area (Å²) in [7, 11) is 0. The molecule has 1 amide bonds. The first-order chi connectivity index (χ1) is 15.0. The first kappa shape index (κ1) is 25.4. The molecule has 1 atom stereocenters. The third kappa shape index (κ3) is 7.98. The summed E-state index contributed by atoms with van der Waals surface area (Å²) >= 11 is 0. The summed E-state index contributed by atoms with van der Waals surface area (Å²) in [5.41, 5.74) is 1.75. The maximum Gasteiger partial charge on any atom is 0.227 e. The summed E-state index contributed by atoms with van der Waals surface area (Å²) in [4.78, 5) is 14.5. The largest absolute Gasteiger partial charge is 0.490 e. The van der Waals surface area contributed by atoms with Crippen molar-refractivity contribution in [3.63, 3.8) is 0 Å². The van der Waals surface area contributed by atoms with Crippen LogP contribution >= 0.6 is 0 Å². The lowest BCUT2D eigenvalue weighted by atomic mass is 9.98. The van der Waals surface area contributed by atoms with Gasteiger partial charge in [-0.05, 0) is 31.4 Å². The number of amides is 1. The number of aliphatic hydroxyl groups is 1. The van der Waals surface area contributed by atoms with Crippen molar-refractivity contribution in [3.05, 3.63) is 17.7 Å². The highest BCUT2D eigenvalue weighted by atomic mass is 16.7. The van der Waals surface area contributed by atoms with Crippen LogP contribution in [0.25, 0.3) is 0 Å². The molecule has 1 heterocycles. The van der Waals surface area contributed by atoms with Crippen LogP contribution in [-0.4, -0.2) is 56.3 Å². The number of benzene rings is 1. The lowest BCUT2D eigenvalue weighted by molar-refractivity contribution is -0.119. The molecule has 2 N–H and O–H groups in total. The zero-order valence-electron chi connectivity index (χ0n) is 19.6. The van der Waals surface area contributed by atoms with Crippen molar-refractivity contribution in [2.24, 2.45) is 0 Å². The summed E-state index contributed by atoms with van der Waals surface area (Å²) in [5.74, 6) is 1.45. The number of nitrogens with one attached hydrogen (secondary N) is 1. The number of aliphatic hydroxyl groups excluding tert-OH is 1. The van der Waals surface area contributed by atoms with Gasteiger partial charge in [0.25, 0.3) is 0 Å². The van der Waals surface area contributed by atoms with Crippen molar-refractivity contribution in [3.8, 4) is 11.5 Å². The van der Waals surface area contributed by atoms with Crippen molar-refractivity contribution in [2.45, 2.75) is 78.4 Å². The van der Waals surface area contributed by atoms with E-state index in [0.717, 1.165) is 36.9 Å². The van der Waals surface area contributed by atoms with E-state index < -0.39 is 6.10 Å². The van der Waals surface area contributed by atoms with Gasteiger partial charge < -0.3 is 29.5 Å². The van der Waals surface area contributed by atoms with Crippen LogP contribution in [0, 0.1) is 0 Å². The lowest BCUT2D eigenvalue weighted by Crippen LogP contribution is -2.37. The van der Waals surface area contributed by atoms with E-state index in [9.17, 15) is 9.90 Å². The molecule has 0 aromatic heterocycles. The number of rotatable bonds is 15. The van der Waals surface area contributed by atoms with Crippen molar-refractivity contribution < 1.29 is 24.1 Å². The maximum atomic E-state index is 12.7. The minimum absolute atomic E-state index is 0.107. The Hall–Kier alpha value is -1.83. The Morgan fingerprint density at radius 1 is 1.10 bits per heavy atom. The predicted molar refractivity (Wildman–Crippen MR) is 123 cm³/mol. The quantitative estimate of drug-likeness (QED) is 0.323. The third-order valence-corrected chi connectivity index (χ3v) is 5.23. The second-order valence-corrected chi connectivity index (χ2v) is 8.34. The average molecular weight is 437 g/mol. The van der Waals surface area contributed by atoms with Crippen LogP contribution in [0.1, 0.15) is 65.4 Å². The number of ether oxygens (including phenoxy) is 3. The average Bonchev–Trinajstić information content (AvgIpc) is 2.75. The Morgan fingerprint density at radius 2 is 1.84 bits per heavy atom. The molecular weight excluding hydrogens is 396 g/mol. The predicted octanol–water partition coefficient (Wildman–Crippen LogP) is 3.66. The van der Waals surface area contributed by atoms with Crippen molar-refractivity contribution in [1.82, 2.24) is 5.32 Å². The molecule has 0 saturated carbocycles. The van der Waals surface area contributed by atoms with Gasteiger partial charge in [0, 0.05) is 31.1 Å². The normalized spacial score (nSPS) is 14.6. The summed E-state index contributed by atoms with van der Waals surface area (Å²) in [6.07, 6.45) is 4.41. The molecule has 1 unspecified atom stereocenters. The molecule has 1 aromatic carbocycles. The van der Waals surface area contributed by atoms with Crippen LogP contribution < -0.4 is 19.7 Å². The number of carbonyl (C=O) groups excluding carboxylic acids is 1. The Morgan fingerprint density at radius 3 is 2.55 bits per heavy atom. The Labute approximate surface area is 187 Å². The number of hydrogen-bond donors (Lipinski definition) is 2. The van der Waals surface area contributed by atoms with E-state index in [2.05, 4.69) is 19.2 Å². The molecular formula is C24H40N2O5. The first-order valence-corrected chi connectivity index (χ1v) is 11.7. The van der Waals surface area contributed by atoms with Gasteiger partial charge in [-0.1, -0.05) is 40.5 Å². The van der Waals surface area contributed by atoms with Crippen molar-refractivity contribution >= 4 is 11.6 Å². The minimum Gasteiger partial charge on any atom is -0.490 e. The zero-order chi connectivity index (χ0) is 22.6. The van der Waals surface area contributed by atoms with Gasteiger partial charge >= 0.3 is 0 Å². The molecule has 0 saturated heterocycles. The van der Waals surface area contributed by atoms with Crippen LogP contribution in [0.3, 0.4) is 0 Å². The smallest absolute Gasteiger partial charge is 0.227 e. The van der Waals surface area contributed by atoms with E-state index in [4.69, 9.17) is 14.2 Å². The van der Waals surface area contributed by atoms with Gasteiger partial charge in [0.05, 0.1) is 12.3 Å². The van der Waals surface area contributed by atoms with Crippen LogP contribution in [0.2, 0.25) is 0 Å². The molecule has 0 aliphatic carbocycles. The molecule has 1 aliphatic heterocycles. The number of fused-ring (bicyclic) bond motifs is 1. The Kier molecular flexibility index (Phi) is 11.1. The summed E-state index contributed by atoms with van der Waals surface area (Å²) in [6.45, 7) is 10.4. The molecule has 0 radical (unpaired) electrons. The fourth-order valence-corrected chi connectivity index (χ4v) is 3.46. The Balaban J connectivity index is 2.18. The standard InChI is InChI=1S/C24H40N2O5/c1-5-7-13-26-23(28)12-9-20-21(30-16-19(27)15-25-18(3)4)10-11-22(24(20)26)31-17-29-14-8-6-2/h10-11,18-19,25,27H,5-9,12-17H2,1-4H3. The van der Waals surface area contributed by atoms with Crippen LogP contribution in [0.4, 0.5) is 5.69 Å². The highest BCUT2D eigenvalue weighted by Gasteiger charge is 2.30. The highest BCUT2D eigenvalue weighted by molar-refractivity contribution is 5.98. The molecule has 0 fully saturated rings. The molecule has 2 rings (SSSR count). The monoisotopic (exact) mass is 436 g/mol. The molecule has 176 valence electrons. The number of hydrogen-bond acceptors (Lipinski definition) is 6. The fraction of sp³-hybridized carbons (Fsp3) is 0.708. The number of nitrogens with zero attached hydrogens (tertiary/aromatic N) is 1. The fourth-order valence-electron chi connectivity index (χ4n) is 3.46.